The van der Waals surface area contributed by atoms with Gasteiger partial charge in [0.2, 0.25) is 15.8 Å². The van der Waals surface area contributed by atoms with E-state index in [1.807, 2.05) is 0 Å². The van der Waals surface area contributed by atoms with E-state index in [0.29, 0.717) is 6.07 Å². The second kappa shape index (κ2) is 5.74. The molecule has 0 saturated heterocycles. The van der Waals surface area contributed by atoms with Crippen molar-refractivity contribution in [2.45, 2.75) is 18.0 Å². The van der Waals surface area contributed by atoms with E-state index < -0.39 is 50.6 Å². The molecule has 0 aliphatic rings. The Labute approximate surface area is 120 Å². The largest absolute Gasteiger partial charge is 0.475 e. The van der Waals surface area contributed by atoms with Crippen molar-refractivity contribution in [2.24, 2.45) is 0 Å². The minimum atomic E-state index is -4.71. The molecule has 0 unspecified atom stereocenters. The zero-order chi connectivity index (χ0) is 15.7. The van der Waals surface area contributed by atoms with E-state index in [4.69, 9.17) is 5.11 Å². The first-order valence-corrected chi connectivity index (χ1v) is 7.32. The first-order valence-electron chi connectivity index (χ1n) is 5.08. The molecular formula is C9H9BrF3NO5S. The monoisotopic (exact) mass is 379 g/mol. The van der Waals surface area contributed by atoms with Gasteiger partial charge in [0.05, 0.1) is 0 Å². The summed E-state index contributed by atoms with van der Waals surface area (Å²) >= 11 is 2.68. The maximum absolute atomic E-state index is 12.3. The average Bonchev–Trinajstić information content (AvgIpc) is 2.67. The van der Waals surface area contributed by atoms with Crippen LogP contribution in [-0.4, -0.2) is 43.1 Å². The molecule has 1 N–H and O–H groups in total. The number of carboxylic acids is 1. The van der Waals surface area contributed by atoms with E-state index in [1.165, 1.54) is 6.92 Å². The predicted octanol–water partition coefficient (Wildman–Crippen LogP) is 2.31. The molecule has 0 radical (unpaired) electrons. The van der Waals surface area contributed by atoms with Gasteiger partial charge in [-0.05, 0) is 15.9 Å². The molecule has 0 amide bonds. The lowest BCUT2D eigenvalue weighted by Gasteiger charge is -2.21. The van der Waals surface area contributed by atoms with Crippen molar-refractivity contribution in [3.05, 3.63) is 16.5 Å². The first-order chi connectivity index (χ1) is 8.99. The summed E-state index contributed by atoms with van der Waals surface area (Å²) in [5.41, 5.74) is 0. The van der Waals surface area contributed by atoms with Crippen LogP contribution in [0.5, 0.6) is 0 Å². The summed E-state index contributed by atoms with van der Waals surface area (Å²) in [6.45, 7) is -0.872. The van der Waals surface area contributed by atoms with Crippen LogP contribution in [0.15, 0.2) is 20.0 Å². The van der Waals surface area contributed by atoms with E-state index in [1.54, 1.807) is 0 Å². The highest BCUT2D eigenvalue weighted by atomic mass is 79.9. The molecule has 1 rings (SSSR count). The van der Waals surface area contributed by atoms with Crippen LogP contribution in [0.1, 0.15) is 17.5 Å². The highest BCUT2D eigenvalue weighted by Gasteiger charge is 2.38. The van der Waals surface area contributed by atoms with Crippen LogP contribution < -0.4 is 0 Å². The van der Waals surface area contributed by atoms with Crippen molar-refractivity contribution >= 4 is 31.9 Å². The Morgan fingerprint density at radius 1 is 1.50 bits per heavy atom. The van der Waals surface area contributed by atoms with Gasteiger partial charge in [0.25, 0.3) is 0 Å². The quantitative estimate of drug-likeness (QED) is 0.847. The number of hydrogen-bond acceptors (Lipinski definition) is 4. The number of aromatic carboxylic acids is 1. The fraction of sp³-hybridized carbons (Fsp3) is 0.444. The molecule has 11 heteroatoms. The van der Waals surface area contributed by atoms with E-state index in [9.17, 15) is 26.4 Å². The maximum atomic E-state index is 12.3. The Kier molecular flexibility index (Phi) is 4.87. The number of nitrogens with zero attached hydrogens (tertiary/aromatic N) is 1. The number of hydrogen-bond donors (Lipinski definition) is 1. The summed E-state index contributed by atoms with van der Waals surface area (Å²) in [7, 11) is -4.52. The van der Waals surface area contributed by atoms with Crippen LogP contribution >= 0.6 is 15.9 Å². The molecule has 0 aliphatic heterocycles. The van der Waals surface area contributed by atoms with Crippen molar-refractivity contribution in [1.82, 2.24) is 4.31 Å². The summed E-state index contributed by atoms with van der Waals surface area (Å²) in [5.74, 6) is -2.23. The second-order valence-corrected chi connectivity index (χ2v) is 6.23. The van der Waals surface area contributed by atoms with Gasteiger partial charge in [-0.15, -0.1) is 0 Å². The fourth-order valence-electron chi connectivity index (χ4n) is 1.34. The highest BCUT2D eigenvalue weighted by Crippen LogP contribution is 2.30. The van der Waals surface area contributed by atoms with Crippen LogP contribution in [-0.2, 0) is 10.0 Å². The number of rotatable bonds is 5. The summed E-state index contributed by atoms with van der Waals surface area (Å²) in [5, 5.41) is 8.67. The van der Waals surface area contributed by atoms with Crippen LogP contribution in [0.2, 0.25) is 0 Å². The molecule has 0 bridgehead atoms. The lowest BCUT2D eigenvalue weighted by Crippen LogP contribution is -2.38. The molecule has 0 aromatic carbocycles. The zero-order valence-corrected chi connectivity index (χ0v) is 12.3. The van der Waals surface area contributed by atoms with Crippen molar-refractivity contribution in [1.29, 1.82) is 0 Å². The number of alkyl halides is 3. The second-order valence-electron chi connectivity index (χ2n) is 3.60. The van der Waals surface area contributed by atoms with E-state index in [-0.39, 0.29) is 4.31 Å². The summed E-state index contributed by atoms with van der Waals surface area (Å²) < 4.78 is 65.4. The number of halogens is 4. The summed E-state index contributed by atoms with van der Waals surface area (Å²) in [6.07, 6.45) is -4.71. The van der Waals surface area contributed by atoms with Gasteiger partial charge >= 0.3 is 12.1 Å². The normalized spacial score (nSPS) is 12.9. The Morgan fingerprint density at radius 2 is 2.05 bits per heavy atom. The molecular weight excluding hydrogens is 371 g/mol. The van der Waals surface area contributed by atoms with E-state index in [2.05, 4.69) is 20.3 Å². The molecule has 20 heavy (non-hydrogen) atoms. The minimum Gasteiger partial charge on any atom is -0.475 e. The fourth-order valence-corrected chi connectivity index (χ4v) is 3.68. The van der Waals surface area contributed by atoms with Crippen LogP contribution in [0, 0.1) is 0 Å². The molecule has 0 saturated carbocycles. The van der Waals surface area contributed by atoms with Gasteiger partial charge in [-0.1, -0.05) is 6.92 Å². The van der Waals surface area contributed by atoms with Crippen molar-refractivity contribution in [3.63, 3.8) is 0 Å². The third-order valence-corrected chi connectivity index (χ3v) is 4.97. The van der Waals surface area contributed by atoms with Gasteiger partial charge in [0.15, 0.2) is 4.67 Å². The summed E-state index contributed by atoms with van der Waals surface area (Å²) in [6, 6.07) is 0.654. The Morgan fingerprint density at radius 3 is 2.40 bits per heavy atom. The first kappa shape index (κ1) is 17.0. The number of carboxylic acid groups (broad SMARTS) is 1. The van der Waals surface area contributed by atoms with Gasteiger partial charge in [-0.2, -0.15) is 17.5 Å². The zero-order valence-electron chi connectivity index (χ0n) is 9.94. The van der Waals surface area contributed by atoms with Crippen molar-refractivity contribution in [2.75, 3.05) is 13.1 Å². The molecule has 1 aromatic heterocycles. The Balaban J connectivity index is 3.24. The molecule has 0 atom stereocenters. The molecule has 0 fully saturated rings. The molecule has 1 heterocycles. The Hall–Kier alpha value is -1.07. The number of furan rings is 1. The number of carbonyl (C=O) groups is 1. The topological polar surface area (TPSA) is 87.8 Å². The van der Waals surface area contributed by atoms with Gasteiger partial charge in [0.1, 0.15) is 11.4 Å². The van der Waals surface area contributed by atoms with Crippen molar-refractivity contribution in [3.8, 4) is 0 Å². The molecule has 6 nitrogen and oxygen atoms in total. The lowest BCUT2D eigenvalue weighted by molar-refractivity contribution is -0.135. The molecule has 0 aliphatic carbocycles. The van der Waals surface area contributed by atoms with Gasteiger partial charge in [-0.3, -0.25) is 0 Å². The summed E-state index contributed by atoms with van der Waals surface area (Å²) in [4.78, 5) is 9.99. The molecule has 0 spiro atoms. The van der Waals surface area contributed by atoms with E-state index >= 15 is 0 Å². The SMILES string of the molecule is CCN(CC(F)(F)F)S(=O)(=O)c1cc(C(=O)O)oc1Br. The van der Waals surface area contributed by atoms with Gasteiger partial charge in [0, 0.05) is 12.6 Å². The van der Waals surface area contributed by atoms with E-state index in [0.717, 1.165) is 0 Å². The lowest BCUT2D eigenvalue weighted by atomic mass is 10.5. The minimum absolute atomic E-state index is 0.175. The third kappa shape index (κ3) is 3.73. The van der Waals surface area contributed by atoms with Crippen LogP contribution in [0.3, 0.4) is 0 Å². The smallest absolute Gasteiger partial charge is 0.402 e. The average molecular weight is 380 g/mol. The predicted molar refractivity (Wildman–Crippen MR) is 63.9 cm³/mol. The highest BCUT2D eigenvalue weighted by molar-refractivity contribution is 9.10. The standard InChI is InChI=1S/C9H9BrF3NO5S/c1-2-14(4-9(11,12)13)20(17,18)6-3-5(8(15)16)19-7(6)10/h3H,2,4H2,1H3,(H,15,16). The maximum Gasteiger partial charge on any atom is 0.402 e. The number of sulfonamides is 1. The third-order valence-electron chi connectivity index (χ3n) is 2.19. The van der Waals surface area contributed by atoms with Gasteiger partial charge in [-0.25, -0.2) is 13.2 Å². The molecule has 114 valence electrons. The Bertz CT molecular complexity index is 610. The van der Waals surface area contributed by atoms with Crippen molar-refractivity contribution < 1.29 is 35.9 Å². The van der Waals surface area contributed by atoms with Crippen LogP contribution in [0.4, 0.5) is 13.2 Å². The molecule has 1 aromatic rings. The van der Waals surface area contributed by atoms with Crippen LogP contribution in [0.25, 0.3) is 0 Å². The van der Waals surface area contributed by atoms with Gasteiger partial charge < -0.3 is 9.52 Å².